The van der Waals surface area contributed by atoms with Gasteiger partial charge in [0.15, 0.2) is 5.78 Å². The molecule has 0 radical (unpaired) electrons. The molecule has 0 saturated carbocycles. The van der Waals surface area contributed by atoms with E-state index in [2.05, 4.69) is 4.98 Å². The molecule has 0 aliphatic heterocycles. The molecule has 0 amide bonds. The average Bonchev–Trinajstić information content (AvgIpc) is 2.25. The average molecular weight is 246 g/mol. The molecule has 0 atom stereocenters. The van der Waals surface area contributed by atoms with Crippen molar-refractivity contribution < 1.29 is 18.0 Å². The highest BCUT2D eigenvalue weighted by atomic mass is 19.4. The van der Waals surface area contributed by atoms with Gasteiger partial charge in [-0.3, -0.25) is 4.79 Å². The molecule has 0 N–H and O–H groups in total. The highest BCUT2D eigenvalue weighted by molar-refractivity contribution is 5.94. The van der Waals surface area contributed by atoms with Crippen LogP contribution in [-0.4, -0.2) is 30.0 Å². The van der Waals surface area contributed by atoms with Crippen LogP contribution in [0.15, 0.2) is 18.3 Å². The van der Waals surface area contributed by atoms with Gasteiger partial charge in [0.2, 0.25) is 0 Å². The Morgan fingerprint density at radius 3 is 2.59 bits per heavy atom. The van der Waals surface area contributed by atoms with Crippen molar-refractivity contribution in [3.63, 3.8) is 0 Å². The fraction of sp³-hybridized carbons (Fsp3) is 0.455. The molecule has 17 heavy (non-hydrogen) atoms. The first-order valence-electron chi connectivity index (χ1n) is 5.12. The van der Waals surface area contributed by atoms with Crippen molar-refractivity contribution in [3.05, 3.63) is 23.9 Å². The van der Waals surface area contributed by atoms with Crippen molar-refractivity contribution >= 4 is 11.6 Å². The lowest BCUT2D eigenvalue weighted by atomic mass is 10.2. The first-order chi connectivity index (χ1) is 7.83. The molecular weight excluding hydrogens is 233 g/mol. The number of nitrogens with zero attached hydrogens (tertiary/aromatic N) is 2. The van der Waals surface area contributed by atoms with Gasteiger partial charge in [-0.25, -0.2) is 4.98 Å². The normalized spacial score (nSPS) is 11.4. The highest BCUT2D eigenvalue weighted by Crippen LogP contribution is 2.21. The van der Waals surface area contributed by atoms with Gasteiger partial charge in [0.25, 0.3) is 0 Å². The molecule has 94 valence electrons. The second-order valence-electron chi connectivity index (χ2n) is 3.59. The van der Waals surface area contributed by atoms with E-state index in [0.717, 1.165) is 4.90 Å². The van der Waals surface area contributed by atoms with Crippen molar-refractivity contribution in [2.24, 2.45) is 0 Å². The first kappa shape index (κ1) is 13.5. The van der Waals surface area contributed by atoms with E-state index in [9.17, 15) is 18.0 Å². The number of hydrogen-bond donors (Lipinski definition) is 0. The molecule has 3 nitrogen and oxygen atoms in total. The van der Waals surface area contributed by atoms with Gasteiger partial charge in [-0.1, -0.05) is 0 Å². The van der Waals surface area contributed by atoms with E-state index >= 15 is 0 Å². The highest BCUT2D eigenvalue weighted by Gasteiger charge is 2.30. The third kappa shape index (κ3) is 4.05. The van der Waals surface area contributed by atoms with Crippen molar-refractivity contribution in [3.8, 4) is 0 Å². The van der Waals surface area contributed by atoms with Crippen LogP contribution in [0.3, 0.4) is 0 Å². The molecule has 0 fully saturated rings. The fourth-order valence-electron chi connectivity index (χ4n) is 1.38. The lowest BCUT2D eigenvalue weighted by Crippen LogP contribution is -2.34. The summed E-state index contributed by atoms with van der Waals surface area (Å²) in [6.07, 6.45) is -2.95. The summed E-state index contributed by atoms with van der Waals surface area (Å²) in [4.78, 5) is 16.1. The fourth-order valence-corrected chi connectivity index (χ4v) is 1.38. The number of halogens is 3. The number of hydrogen-bond acceptors (Lipinski definition) is 3. The summed E-state index contributed by atoms with van der Waals surface area (Å²) in [5.41, 5.74) is 0.357. The van der Waals surface area contributed by atoms with Gasteiger partial charge < -0.3 is 4.90 Å². The molecular formula is C11H13F3N2O. The Hall–Kier alpha value is -1.59. The Kier molecular flexibility index (Phi) is 4.09. The molecule has 0 unspecified atom stereocenters. The Morgan fingerprint density at radius 2 is 2.12 bits per heavy atom. The minimum absolute atomic E-state index is 0.164. The quantitative estimate of drug-likeness (QED) is 0.766. The number of carbonyl (C=O) groups is 1. The minimum atomic E-state index is -4.29. The summed E-state index contributed by atoms with van der Waals surface area (Å²) in [5.74, 6) is -0.0331. The number of Topliss-reactive ketones (excluding diaryl/α,β-unsaturated/α-hetero) is 1. The molecule has 0 bridgehead atoms. The second-order valence-corrected chi connectivity index (χ2v) is 3.59. The lowest BCUT2D eigenvalue weighted by molar-refractivity contribution is -0.119. The minimum Gasteiger partial charge on any atom is -0.348 e. The van der Waals surface area contributed by atoms with Gasteiger partial charge in [-0.15, -0.1) is 0 Å². The van der Waals surface area contributed by atoms with Gasteiger partial charge in [0, 0.05) is 18.3 Å². The van der Waals surface area contributed by atoms with Gasteiger partial charge >= 0.3 is 6.18 Å². The van der Waals surface area contributed by atoms with E-state index in [1.165, 1.54) is 25.3 Å². The monoisotopic (exact) mass is 246 g/mol. The van der Waals surface area contributed by atoms with Crippen LogP contribution < -0.4 is 4.90 Å². The van der Waals surface area contributed by atoms with Crippen LogP contribution in [0.2, 0.25) is 0 Å². The van der Waals surface area contributed by atoms with E-state index < -0.39 is 12.7 Å². The third-order valence-corrected chi connectivity index (χ3v) is 2.23. The topological polar surface area (TPSA) is 33.2 Å². The van der Waals surface area contributed by atoms with E-state index in [1.807, 2.05) is 0 Å². The van der Waals surface area contributed by atoms with Crippen molar-refractivity contribution in [2.75, 3.05) is 18.0 Å². The molecule has 0 aromatic carbocycles. The standard InChI is InChI=1S/C11H13F3N2O/c1-3-16(7-11(12,13)14)10-6-9(8(2)17)4-5-15-10/h4-6H,3,7H2,1-2H3. The maximum absolute atomic E-state index is 12.3. The zero-order valence-electron chi connectivity index (χ0n) is 9.58. The number of aromatic nitrogens is 1. The first-order valence-corrected chi connectivity index (χ1v) is 5.12. The molecule has 0 spiro atoms. The number of ketones is 1. The van der Waals surface area contributed by atoms with Crippen LogP contribution in [0.4, 0.5) is 19.0 Å². The van der Waals surface area contributed by atoms with Crippen molar-refractivity contribution in [2.45, 2.75) is 20.0 Å². The van der Waals surface area contributed by atoms with Crippen LogP contribution in [0.5, 0.6) is 0 Å². The number of pyridine rings is 1. The van der Waals surface area contributed by atoms with E-state index in [4.69, 9.17) is 0 Å². The summed E-state index contributed by atoms with van der Waals surface area (Å²) in [5, 5.41) is 0. The predicted octanol–water partition coefficient (Wildman–Crippen LogP) is 2.67. The molecule has 1 aromatic heterocycles. The molecule has 1 rings (SSSR count). The second kappa shape index (κ2) is 5.16. The van der Waals surface area contributed by atoms with Crippen LogP contribution in [0.25, 0.3) is 0 Å². The summed E-state index contributed by atoms with van der Waals surface area (Å²) in [7, 11) is 0. The number of anilines is 1. The molecule has 0 aliphatic rings. The van der Waals surface area contributed by atoms with Crippen LogP contribution in [0.1, 0.15) is 24.2 Å². The SMILES string of the molecule is CCN(CC(F)(F)F)c1cc(C(C)=O)ccn1. The van der Waals surface area contributed by atoms with Crippen molar-refractivity contribution in [1.82, 2.24) is 4.98 Å². The zero-order valence-corrected chi connectivity index (χ0v) is 9.58. The van der Waals surface area contributed by atoms with E-state index in [1.54, 1.807) is 6.92 Å². The molecule has 0 saturated heterocycles. The van der Waals surface area contributed by atoms with Crippen LogP contribution >= 0.6 is 0 Å². The van der Waals surface area contributed by atoms with Gasteiger partial charge in [-0.2, -0.15) is 13.2 Å². The van der Waals surface area contributed by atoms with Gasteiger partial charge in [-0.05, 0) is 26.0 Å². The van der Waals surface area contributed by atoms with Crippen LogP contribution in [0, 0.1) is 0 Å². The van der Waals surface area contributed by atoms with Gasteiger partial charge in [0.05, 0.1) is 0 Å². The molecule has 1 heterocycles. The van der Waals surface area contributed by atoms with Gasteiger partial charge in [0.1, 0.15) is 12.4 Å². The van der Waals surface area contributed by atoms with Crippen LogP contribution in [-0.2, 0) is 0 Å². The predicted molar refractivity (Wildman–Crippen MR) is 58.2 cm³/mol. The summed E-state index contributed by atoms with van der Waals surface area (Å²) in [6, 6.07) is 2.85. The summed E-state index contributed by atoms with van der Waals surface area (Å²) >= 11 is 0. The maximum atomic E-state index is 12.3. The smallest absolute Gasteiger partial charge is 0.348 e. The zero-order chi connectivity index (χ0) is 13.1. The summed E-state index contributed by atoms with van der Waals surface area (Å²) < 4.78 is 36.9. The maximum Gasteiger partial charge on any atom is 0.405 e. The Labute approximate surface area is 97.3 Å². The Balaban J connectivity index is 2.96. The molecule has 1 aromatic rings. The number of rotatable bonds is 4. The number of carbonyl (C=O) groups excluding carboxylic acids is 1. The Bertz CT molecular complexity index is 404. The molecule has 6 heteroatoms. The Morgan fingerprint density at radius 1 is 1.47 bits per heavy atom. The lowest BCUT2D eigenvalue weighted by Gasteiger charge is -2.23. The van der Waals surface area contributed by atoms with E-state index in [0.29, 0.717) is 5.56 Å². The van der Waals surface area contributed by atoms with E-state index in [-0.39, 0.29) is 18.1 Å². The van der Waals surface area contributed by atoms with Crippen molar-refractivity contribution in [1.29, 1.82) is 0 Å². The largest absolute Gasteiger partial charge is 0.405 e. The molecule has 0 aliphatic carbocycles. The summed E-state index contributed by atoms with van der Waals surface area (Å²) in [6.45, 7) is 2.07. The third-order valence-electron chi connectivity index (χ3n) is 2.23. The number of alkyl halides is 3.